The van der Waals surface area contributed by atoms with Crippen LogP contribution in [0.1, 0.15) is 56.6 Å². The SMILES string of the molecule is C[C@@H]1CCCC[C@H]1NC(=O)CN1C(=O)N[C@]2(CCCc3ccccc32)C1=O. The van der Waals surface area contributed by atoms with Gasteiger partial charge in [-0.25, -0.2) is 4.79 Å². The summed E-state index contributed by atoms with van der Waals surface area (Å²) >= 11 is 0. The highest BCUT2D eigenvalue weighted by Gasteiger charge is 2.54. The van der Waals surface area contributed by atoms with E-state index in [1.54, 1.807) is 0 Å². The van der Waals surface area contributed by atoms with Gasteiger partial charge in [-0.3, -0.25) is 14.5 Å². The van der Waals surface area contributed by atoms with Crippen LogP contribution in [-0.4, -0.2) is 35.3 Å². The molecule has 3 atom stereocenters. The predicted octanol–water partition coefficient (Wildman–Crippen LogP) is 2.46. The summed E-state index contributed by atoms with van der Waals surface area (Å²) in [6.45, 7) is 1.93. The predicted molar refractivity (Wildman–Crippen MR) is 101 cm³/mol. The van der Waals surface area contributed by atoms with Crippen LogP contribution in [-0.2, 0) is 21.5 Å². The summed E-state index contributed by atoms with van der Waals surface area (Å²) in [5.41, 5.74) is 0.961. The summed E-state index contributed by atoms with van der Waals surface area (Å²) in [6, 6.07) is 7.44. The average molecular weight is 369 g/mol. The molecule has 6 heteroatoms. The van der Waals surface area contributed by atoms with E-state index in [2.05, 4.69) is 17.6 Å². The second-order valence-electron chi connectivity index (χ2n) is 8.17. The van der Waals surface area contributed by atoms with Crippen molar-refractivity contribution in [2.75, 3.05) is 6.54 Å². The number of imide groups is 1. The summed E-state index contributed by atoms with van der Waals surface area (Å²) < 4.78 is 0. The average Bonchev–Trinajstić information content (AvgIpc) is 2.89. The number of rotatable bonds is 3. The van der Waals surface area contributed by atoms with Gasteiger partial charge in [0, 0.05) is 6.04 Å². The van der Waals surface area contributed by atoms with Crippen LogP contribution < -0.4 is 10.6 Å². The Balaban J connectivity index is 1.50. The molecule has 4 amide bonds. The molecule has 2 fully saturated rings. The lowest BCUT2D eigenvalue weighted by molar-refractivity contribution is -0.136. The van der Waals surface area contributed by atoms with Crippen molar-refractivity contribution >= 4 is 17.8 Å². The number of urea groups is 1. The Labute approximate surface area is 159 Å². The first-order valence-electron chi connectivity index (χ1n) is 10.0. The van der Waals surface area contributed by atoms with Gasteiger partial charge in [-0.2, -0.15) is 0 Å². The van der Waals surface area contributed by atoms with Crippen molar-refractivity contribution in [3.8, 4) is 0 Å². The van der Waals surface area contributed by atoms with Crippen LogP contribution in [0.15, 0.2) is 24.3 Å². The Hall–Kier alpha value is -2.37. The molecule has 2 N–H and O–H groups in total. The maximum absolute atomic E-state index is 13.2. The lowest BCUT2D eigenvalue weighted by atomic mass is 9.76. The Kier molecular flexibility index (Phi) is 4.66. The van der Waals surface area contributed by atoms with E-state index in [1.165, 1.54) is 6.42 Å². The molecule has 144 valence electrons. The van der Waals surface area contributed by atoms with E-state index < -0.39 is 11.6 Å². The minimum atomic E-state index is -1.01. The highest BCUT2D eigenvalue weighted by atomic mass is 16.2. The van der Waals surface area contributed by atoms with Crippen LogP contribution in [0.2, 0.25) is 0 Å². The standard InChI is InChI=1S/C21H27N3O3/c1-14-7-2-5-11-17(14)22-18(25)13-24-19(26)21(23-20(24)27)12-6-9-15-8-3-4-10-16(15)21/h3-4,8,10,14,17H,2,5-7,9,11-13H2,1H3,(H,22,25)(H,23,27)/t14-,17-,21+/m1/s1. The number of amides is 4. The fourth-order valence-electron chi connectivity index (χ4n) is 4.88. The largest absolute Gasteiger partial charge is 0.352 e. The number of carbonyl (C=O) groups is 3. The van der Waals surface area contributed by atoms with E-state index >= 15 is 0 Å². The maximum atomic E-state index is 13.2. The van der Waals surface area contributed by atoms with Crippen molar-refractivity contribution in [2.24, 2.45) is 5.92 Å². The molecule has 3 aliphatic rings. The van der Waals surface area contributed by atoms with E-state index in [0.29, 0.717) is 12.3 Å². The fourth-order valence-corrected chi connectivity index (χ4v) is 4.88. The van der Waals surface area contributed by atoms with Gasteiger partial charge in [0.25, 0.3) is 5.91 Å². The zero-order valence-electron chi connectivity index (χ0n) is 15.8. The third kappa shape index (κ3) is 3.11. The van der Waals surface area contributed by atoms with Gasteiger partial charge in [0.1, 0.15) is 12.1 Å². The molecule has 1 heterocycles. The number of nitrogens with zero attached hydrogens (tertiary/aromatic N) is 1. The van der Waals surface area contributed by atoms with Crippen LogP contribution >= 0.6 is 0 Å². The van der Waals surface area contributed by atoms with E-state index in [1.807, 2.05) is 24.3 Å². The molecule has 1 aromatic carbocycles. The third-order valence-corrected chi connectivity index (χ3v) is 6.41. The molecule has 1 saturated heterocycles. The van der Waals surface area contributed by atoms with Crippen molar-refractivity contribution in [3.05, 3.63) is 35.4 Å². The zero-order chi connectivity index (χ0) is 19.0. The molecule has 0 aromatic heterocycles. The number of benzene rings is 1. The number of aryl methyl sites for hydroxylation is 1. The molecular formula is C21H27N3O3. The first kappa shape index (κ1) is 18.0. The minimum absolute atomic E-state index is 0.136. The monoisotopic (exact) mass is 369 g/mol. The van der Waals surface area contributed by atoms with Gasteiger partial charge in [-0.15, -0.1) is 0 Å². The van der Waals surface area contributed by atoms with Crippen molar-refractivity contribution in [2.45, 2.75) is 63.5 Å². The normalized spacial score (nSPS) is 30.2. The first-order chi connectivity index (χ1) is 13.0. The molecule has 1 spiro atoms. The summed E-state index contributed by atoms with van der Waals surface area (Å²) in [7, 11) is 0. The van der Waals surface area contributed by atoms with E-state index in [0.717, 1.165) is 48.1 Å². The van der Waals surface area contributed by atoms with Crippen molar-refractivity contribution < 1.29 is 14.4 Å². The van der Waals surface area contributed by atoms with E-state index in [9.17, 15) is 14.4 Å². The molecule has 0 unspecified atom stereocenters. The topological polar surface area (TPSA) is 78.5 Å². The number of hydrogen-bond acceptors (Lipinski definition) is 3. The maximum Gasteiger partial charge on any atom is 0.325 e. The van der Waals surface area contributed by atoms with Crippen LogP contribution in [0, 0.1) is 5.92 Å². The molecule has 2 aliphatic carbocycles. The molecule has 1 aliphatic heterocycles. The summed E-state index contributed by atoms with van der Waals surface area (Å²) in [4.78, 5) is 39.4. The van der Waals surface area contributed by atoms with Gasteiger partial charge in [0.05, 0.1) is 0 Å². The fraction of sp³-hybridized carbons (Fsp3) is 0.571. The molecule has 1 saturated carbocycles. The number of hydrogen-bond donors (Lipinski definition) is 2. The van der Waals surface area contributed by atoms with Gasteiger partial charge in [0.2, 0.25) is 5.91 Å². The quantitative estimate of drug-likeness (QED) is 0.804. The molecule has 0 bridgehead atoms. The number of carbonyl (C=O) groups excluding carboxylic acids is 3. The zero-order valence-corrected chi connectivity index (χ0v) is 15.8. The van der Waals surface area contributed by atoms with Gasteiger partial charge >= 0.3 is 6.03 Å². The molecular weight excluding hydrogens is 342 g/mol. The smallest absolute Gasteiger partial charge is 0.325 e. The summed E-state index contributed by atoms with van der Waals surface area (Å²) in [6.07, 6.45) is 6.69. The van der Waals surface area contributed by atoms with Gasteiger partial charge < -0.3 is 10.6 Å². The second-order valence-corrected chi connectivity index (χ2v) is 8.17. The molecule has 6 nitrogen and oxygen atoms in total. The lowest BCUT2D eigenvalue weighted by Gasteiger charge is -2.33. The third-order valence-electron chi connectivity index (χ3n) is 6.41. The van der Waals surface area contributed by atoms with Crippen LogP contribution in [0.25, 0.3) is 0 Å². The van der Waals surface area contributed by atoms with Crippen LogP contribution in [0.4, 0.5) is 4.79 Å². The van der Waals surface area contributed by atoms with E-state index in [-0.39, 0.29) is 24.4 Å². The van der Waals surface area contributed by atoms with Gasteiger partial charge in [0.15, 0.2) is 0 Å². The van der Waals surface area contributed by atoms with Crippen molar-refractivity contribution in [3.63, 3.8) is 0 Å². The number of nitrogens with one attached hydrogen (secondary N) is 2. The highest BCUT2D eigenvalue weighted by molar-refractivity contribution is 6.09. The summed E-state index contributed by atoms with van der Waals surface area (Å²) in [5, 5.41) is 5.93. The van der Waals surface area contributed by atoms with Crippen LogP contribution in [0.3, 0.4) is 0 Å². The highest BCUT2D eigenvalue weighted by Crippen LogP contribution is 2.39. The first-order valence-corrected chi connectivity index (χ1v) is 10.0. The number of fused-ring (bicyclic) bond motifs is 2. The molecule has 1 aromatic rings. The Morgan fingerprint density at radius 1 is 1.22 bits per heavy atom. The Morgan fingerprint density at radius 3 is 2.81 bits per heavy atom. The van der Waals surface area contributed by atoms with Gasteiger partial charge in [-0.05, 0) is 49.1 Å². The van der Waals surface area contributed by atoms with Gasteiger partial charge in [-0.1, -0.05) is 44.0 Å². The summed E-state index contributed by atoms with van der Waals surface area (Å²) in [5.74, 6) is -0.118. The second kappa shape index (κ2) is 6.98. The molecule has 4 rings (SSSR count). The lowest BCUT2D eigenvalue weighted by Crippen LogP contribution is -2.49. The minimum Gasteiger partial charge on any atom is -0.352 e. The molecule has 0 radical (unpaired) electrons. The van der Waals surface area contributed by atoms with Crippen molar-refractivity contribution in [1.29, 1.82) is 0 Å². The molecule has 27 heavy (non-hydrogen) atoms. The van der Waals surface area contributed by atoms with Crippen LogP contribution in [0.5, 0.6) is 0 Å². The Bertz CT molecular complexity index is 778. The van der Waals surface area contributed by atoms with Crippen molar-refractivity contribution in [1.82, 2.24) is 15.5 Å². The Morgan fingerprint density at radius 2 is 2.00 bits per heavy atom. The van der Waals surface area contributed by atoms with E-state index in [4.69, 9.17) is 0 Å².